The van der Waals surface area contributed by atoms with Gasteiger partial charge in [0.1, 0.15) is 7.85 Å². The van der Waals surface area contributed by atoms with Gasteiger partial charge >= 0.3 is 0 Å². The quantitative estimate of drug-likeness (QED) is 0.467. The van der Waals surface area contributed by atoms with Gasteiger partial charge in [0.2, 0.25) is 0 Å². The lowest BCUT2D eigenvalue weighted by Gasteiger charge is -2.00. The summed E-state index contributed by atoms with van der Waals surface area (Å²) in [6.07, 6.45) is 0. The smallest absolute Gasteiger partial charge is 0.0876 e. The van der Waals surface area contributed by atoms with Crippen LogP contribution >= 0.6 is 15.9 Å². The largest absolute Gasteiger partial charge is 0.139 e. The van der Waals surface area contributed by atoms with E-state index in [0.717, 1.165) is 5.33 Å². The van der Waals surface area contributed by atoms with Crippen molar-refractivity contribution in [3.63, 3.8) is 0 Å². The monoisotopic (exact) mass is 196 g/mol. The van der Waals surface area contributed by atoms with Crippen molar-refractivity contribution >= 4 is 29.2 Å². The molecule has 0 bridgehead atoms. The Labute approximate surface area is 71.2 Å². The summed E-state index contributed by atoms with van der Waals surface area (Å²) >= 11 is 3.42. The van der Waals surface area contributed by atoms with Gasteiger partial charge in [-0.25, -0.2) is 0 Å². The molecule has 0 aliphatic heterocycles. The summed E-state index contributed by atoms with van der Waals surface area (Å²) in [5, 5.41) is 0.952. The number of benzene rings is 1. The van der Waals surface area contributed by atoms with E-state index in [1.807, 2.05) is 0 Å². The van der Waals surface area contributed by atoms with E-state index in [1.54, 1.807) is 0 Å². The van der Waals surface area contributed by atoms with Gasteiger partial charge in [0.05, 0.1) is 0 Å². The van der Waals surface area contributed by atoms with Crippen LogP contribution in [0.3, 0.4) is 0 Å². The minimum Gasteiger partial charge on any atom is -0.0876 e. The highest BCUT2D eigenvalue weighted by molar-refractivity contribution is 9.08. The van der Waals surface area contributed by atoms with E-state index >= 15 is 0 Å². The zero-order valence-corrected chi connectivity index (χ0v) is 7.90. The number of hydrogen-bond donors (Lipinski definition) is 0. The average Bonchev–Trinajstić information content (AvgIpc) is 1.95. The van der Waals surface area contributed by atoms with Crippen LogP contribution in [0.1, 0.15) is 11.1 Å². The van der Waals surface area contributed by atoms with E-state index in [0.29, 0.717) is 0 Å². The highest BCUT2D eigenvalue weighted by atomic mass is 79.9. The maximum absolute atomic E-state index is 3.42. The fourth-order valence-electron chi connectivity index (χ4n) is 0.887. The normalized spacial score (nSPS) is 9.80. The first kappa shape index (κ1) is 7.87. The minimum absolute atomic E-state index is 0.952. The number of alkyl halides is 1. The van der Waals surface area contributed by atoms with Gasteiger partial charge in [-0.1, -0.05) is 45.2 Å². The van der Waals surface area contributed by atoms with Crippen LogP contribution in [0.5, 0.6) is 0 Å². The summed E-state index contributed by atoms with van der Waals surface area (Å²) in [4.78, 5) is 0. The lowest BCUT2D eigenvalue weighted by molar-refractivity contribution is 1.41. The molecule has 0 heterocycles. The molecule has 0 unspecified atom stereocenters. The van der Waals surface area contributed by atoms with E-state index in [9.17, 15) is 0 Å². The van der Waals surface area contributed by atoms with Crippen LogP contribution < -0.4 is 5.46 Å². The van der Waals surface area contributed by atoms with E-state index in [-0.39, 0.29) is 0 Å². The van der Waals surface area contributed by atoms with Gasteiger partial charge in [0.25, 0.3) is 0 Å². The van der Waals surface area contributed by atoms with Crippen molar-refractivity contribution in [3.05, 3.63) is 29.3 Å². The molecule has 1 rings (SSSR count). The predicted molar refractivity (Wildman–Crippen MR) is 52.0 cm³/mol. The van der Waals surface area contributed by atoms with Crippen LogP contribution in [0.15, 0.2) is 18.2 Å². The van der Waals surface area contributed by atoms with Gasteiger partial charge < -0.3 is 0 Å². The van der Waals surface area contributed by atoms with E-state index in [1.165, 1.54) is 16.6 Å². The maximum Gasteiger partial charge on any atom is 0.139 e. The molecule has 52 valence electrons. The Balaban J connectivity index is 3.04. The van der Waals surface area contributed by atoms with Crippen LogP contribution in [-0.2, 0) is 5.33 Å². The number of halogens is 1. The number of rotatable bonds is 1. The van der Waals surface area contributed by atoms with E-state index in [4.69, 9.17) is 0 Å². The van der Waals surface area contributed by atoms with Gasteiger partial charge in [-0.2, -0.15) is 0 Å². The Bertz CT molecular complexity index is 233. The standard InChI is InChI=1S/C8H10BBr/c1-6-2-3-7(5-10)4-8(6)9/h2-4H,5,9H2,1H3. The molecule has 0 spiro atoms. The van der Waals surface area contributed by atoms with Crippen molar-refractivity contribution in [2.45, 2.75) is 12.3 Å². The third-order valence-corrected chi connectivity index (χ3v) is 2.37. The van der Waals surface area contributed by atoms with Crippen LogP contribution in [0.25, 0.3) is 0 Å². The highest BCUT2D eigenvalue weighted by Gasteiger charge is 1.92. The fourth-order valence-corrected chi connectivity index (χ4v) is 1.24. The summed E-state index contributed by atoms with van der Waals surface area (Å²) < 4.78 is 0. The molecule has 0 aromatic heterocycles. The molecule has 0 amide bonds. The molecule has 1 aromatic rings. The Morgan fingerprint density at radius 3 is 2.70 bits per heavy atom. The summed E-state index contributed by atoms with van der Waals surface area (Å²) in [6, 6.07) is 6.52. The molecule has 0 fully saturated rings. The van der Waals surface area contributed by atoms with E-state index in [2.05, 4.69) is 48.9 Å². The molecule has 0 aliphatic carbocycles. The van der Waals surface area contributed by atoms with E-state index < -0.39 is 0 Å². The Morgan fingerprint density at radius 2 is 2.20 bits per heavy atom. The highest BCUT2D eigenvalue weighted by Crippen LogP contribution is 2.04. The second kappa shape index (κ2) is 3.24. The summed E-state index contributed by atoms with van der Waals surface area (Å²) in [6.45, 7) is 2.13. The Morgan fingerprint density at radius 1 is 1.50 bits per heavy atom. The third kappa shape index (κ3) is 1.63. The zero-order chi connectivity index (χ0) is 7.56. The number of aryl methyl sites for hydroxylation is 1. The molecule has 0 N–H and O–H groups in total. The lowest BCUT2D eigenvalue weighted by Crippen LogP contribution is -2.06. The molecular formula is C8H10BBr. The first-order valence-electron chi connectivity index (χ1n) is 3.36. The second-order valence-electron chi connectivity index (χ2n) is 2.55. The van der Waals surface area contributed by atoms with Gasteiger partial charge in [0, 0.05) is 5.33 Å². The molecule has 0 radical (unpaired) electrons. The third-order valence-electron chi connectivity index (χ3n) is 1.73. The van der Waals surface area contributed by atoms with Crippen molar-refractivity contribution in [3.8, 4) is 0 Å². The van der Waals surface area contributed by atoms with Crippen molar-refractivity contribution in [1.29, 1.82) is 0 Å². The van der Waals surface area contributed by atoms with Gasteiger partial charge in [-0.05, 0) is 12.5 Å². The van der Waals surface area contributed by atoms with Gasteiger partial charge in [-0.15, -0.1) is 0 Å². The van der Waals surface area contributed by atoms with Gasteiger partial charge in [-0.3, -0.25) is 0 Å². The Kier molecular flexibility index (Phi) is 2.55. The SMILES string of the molecule is Bc1cc(CBr)ccc1C. The van der Waals surface area contributed by atoms with Crippen molar-refractivity contribution in [2.24, 2.45) is 0 Å². The maximum atomic E-state index is 3.42. The predicted octanol–water partition coefficient (Wildman–Crippen LogP) is 1.15. The van der Waals surface area contributed by atoms with Crippen molar-refractivity contribution < 1.29 is 0 Å². The molecule has 0 atom stereocenters. The molecule has 2 heteroatoms. The molecule has 0 nitrogen and oxygen atoms in total. The molecular weight excluding hydrogens is 187 g/mol. The van der Waals surface area contributed by atoms with Crippen LogP contribution in [0.2, 0.25) is 0 Å². The van der Waals surface area contributed by atoms with Crippen molar-refractivity contribution in [1.82, 2.24) is 0 Å². The first-order valence-corrected chi connectivity index (χ1v) is 4.48. The molecule has 10 heavy (non-hydrogen) atoms. The molecule has 0 saturated carbocycles. The minimum atomic E-state index is 0.952. The van der Waals surface area contributed by atoms with Crippen LogP contribution in [0, 0.1) is 6.92 Å². The number of hydrogen-bond acceptors (Lipinski definition) is 0. The first-order chi connectivity index (χ1) is 4.74. The molecule has 0 saturated heterocycles. The average molecular weight is 197 g/mol. The van der Waals surface area contributed by atoms with Crippen LogP contribution in [0.4, 0.5) is 0 Å². The molecule has 1 aromatic carbocycles. The van der Waals surface area contributed by atoms with Gasteiger partial charge in [0.15, 0.2) is 0 Å². The summed E-state index contributed by atoms with van der Waals surface area (Å²) in [5.41, 5.74) is 4.09. The Hall–Kier alpha value is -0.235. The lowest BCUT2D eigenvalue weighted by atomic mass is 9.90. The molecule has 0 aliphatic rings. The van der Waals surface area contributed by atoms with Crippen molar-refractivity contribution in [2.75, 3.05) is 0 Å². The topological polar surface area (TPSA) is 0 Å². The van der Waals surface area contributed by atoms with Crippen LogP contribution in [-0.4, -0.2) is 7.85 Å². The fraction of sp³-hybridized carbons (Fsp3) is 0.250. The summed E-state index contributed by atoms with van der Waals surface area (Å²) in [5.74, 6) is 0. The summed E-state index contributed by atoms with van der Waals surface area (Å²) in [7, 11) is 2.14. The second-order valence-corrected chi connectivity index (χ2v) is 3.11. The zero-order valence-electron chi connectivity index (χ0n) is 6.32.